The van der Waals surface area contributed by atoms with E-state index in [1.165, 1.54) is 17.2 Å². The highest BCUT2D eigenvalue weighted by atomic mass is 16.2. The van der Waals surface area contributed by atoms with E-state index in [1.807, 2.05) is 48.5 Å². The van der Waals surface area contributed by atoms with Crippen molar-refractivity contribution in [2.24, 2.45) is 0 Å². The Kier molecular flexibility index (Phi) is 5.33. The summed E-state index contributed by atoms with van der Waals surface area (Å²) in [4.78, 5) is 30.4. The molecule has 2 aromatic carbocycles. The largest absolute Gasteiger partial charge is 0.280 e. The number of hydrogen-bond donors (Lipinski definition) is 1. The zero-order valence-corrected chi connectivity index (χ0v) is 15.7. The molecule has 1 aliphatic rings. The molecule has 0 spiro atoms. The van der Waals surface area contributed by atoms with Gasteiger partial charge in [-0.25, -0.2) is 9.66 Å². The lowest BCUT2D eigenvalue weighted by Gasteiger charge is -2.24. The van der Waals surface area contributed by atoms with E-state index in [4.69, 9.17) is 4.98 Å². The Hall–Kier alpha value is -3.21. The highest BCUT2D eigenvalue weighted by molar-refractivity contribution is 5.97. The van der Waals surface area contributed by atoms with E-state index >= 15 is 0 Å². The number of carbonyl (C=O) groups excluding carboxylic acids is 1. The van der Waals surface area contributed by atoms with Crippen LogP contribution in [0.5, 0.6) is 0 Å². The first-order valence-electron chi connectivity index (χ1n) is 9.78. The van der Waals surface area contributed by atoms with Gasteiger partial charge in [-0.2, -0.15) is 0 Å². The van der Waals surface area contributed by atoms with E-state index < -0.39 is 0 Å². The van der Waals surface area contributed by atoms with Crippen molar-refractivity contribution < 1.29 is 4.79 Å². The fourth-order valence-electron chi connectivity index (χ4n) is 3.78. The van der Waals surface area contributed by atoms with Gasteiger partial charge in [-0.3, -0.25) is 15.0 Å². The topological polar surface area (TPSA) is 64.0 Å². The molecule has 5 heteroatoms. The zero-order valence-electron chi connectivity index (χ0n) is 15.7. The predicted molar refractivity (Wildman–Crippen MR) is 112 cm³/mol. The zero-order chi connectivity index (χ0) is 19.3. The van der Waals surface area contributed by atoms with Gasteiger partial charge in [0, 0.05) is 12.0 Å². The van der Waals surface area contributed by atoms with E-state index in [9.17, 15) is 9.59 Å². The fourth-order valence-corrected chi connectivity index (χ4v) is 3.78. The Morgan fingerprint density at radius 1 is 1.00 bits per heavy atom. The van der Waals surface area contributed by atoms with Crippen molar-refractivity contribution in [2.45, 2.75) is 38.0 Å². The maximum absolute atomic E-state index is 13.1. The van der Waals surface area contributed by atoms with E-state index in [2.05, 4.69) is 5.43 Å². The second-order valence-electron chi connectivity index (χ2n) is 7.18. The summed E-state index contributed by atoms with van der Waals surface area (Å²) in [5.41, 5.74) is 4.13. The van der Waals surface area contributed by atoms with E-state index in [0.717, 1.165) is 31.2 Å². The fraction of sp³-hybridized carbons (Fsp3) is 0.261. The van der Waals surface area contributed by atoms with Crippen LogP contribution in [-0.2, 0) is 4.79 Å². The van der Waals surface area contributed by atoms with Gasteiger partial charge >= 0.3 is 0 Å². The third kappa shape index (κ3) is 3.88. The summed E-state index contributed by atoms with van der Waals surface area (Å²) in [6, 6.07) is 16.9. The van der Waals surface area contributed by atoms with Crippen LogP contribution < -0.4 is 11.0 Å². The molecular weight excluding hydrogens is 350 g/mol. The molecule has 142 valence electrons. The minimum absolute atomic E-state index is 0.185. The van der Waals surface area contributed by atoms with Gasteiger partial charge in [0.2, 0.25) is 0 Å². The van der Waals surface area contributed by atoms with Crippen molar-refractivity contribution >= 4 is 22.9 Å². The summed E-state index contributed by atoms with van der Waals surface area (Å²) in [5, 5.41) is 0.509. The molecule has 0 bridgehead atoms. The van der Waals surface area contributed by atoms with Crippen LogP contribution in [0.1, 0.15) is 49.4 Å². The molecule has 0 unspecified atom stereocenters. The third-order valence-corrected chi connectivity index (χ3v) is 5.22. The Bertz CT molecular complexity index is 1060. The Morgan fingerprint density at radius 2 is 1.71 bits per heavy atom. The van der Waals surface area contributed by atoms with Gasteiger partial charge in [-0.1, -0.05) is 61.7 Å². The van der Waals surface area contributed by atoms with Crippen molar-refractivity contribution in [1.82, 2.24) is 9.66 Å². The highest BCUT2D eigenvalue weighted by Gasteiger charge is 2.23. The first-order valence-corrected chi connectivity index (χ1v) is 9.78. The highest BCUT2D eigenvalue weighted by Crippen LogP contribution is 2.31. The first-order chi connectivity index (χ1) is 13.7. The van der Waals surface area contributed by atoms with Crippen LogP contribution in [0.4, 0.5) is 0 Å². The average molecular weight is 373 g/mol. The van der Waals surface area contributed by atoms with Gasteiger partial charge in [0.1, 0.15) is 5.82 Å². The minimum Gasteiger partial charge on any atom is -0.268 e. The molecule has 5 nitrogen and oxygen atoms in total. The number of benzene rings is 2. The summed E-state index contributed by atoms with van der Waals surface area (Å²) in [6.45, 7) is 0. The molecule has 0 saturated heterocycles. The molecule has 1 amide bonds. The molecule has 1 fully saturated rings. The summed E-state index contributed by atoms with van der Waals surface area (Å²) >= 11 is 0. The molecule has 3 aromatic rings. The molecule has 1 heterocycles. The van der Waals surface area contributed by atoms with Crippen LogP contribution in [0.25, 0.3) is 17.0 Å². The van der Waals surface area contributed by atoms with Crippen LogP contribution in [0, 0.1) is 0 Å². The number of para-hydroxylation sites is 1. The number of amides is 1. The minimum atomic E-state index is -0.347. The van der Waals surface area contributed by atoms with Crippen molar-refractivity contribution in [3.05, 3.63) is 82.4 Å². The van der Waals surface area contributed by atoms with Gasteiger partial charge in [0.15, 0.2) is 0 Å². The van der Waals surface area contributed by atoms with Crippen LogP contribution >= 0.6 is 0 Å². The van der Waals surface area contributed by atoms with Gasteiger partial charge in [-0.15, -0.1) is 0 Å². The number of rotatable bonds is 4. The monoisotopic (exact) mass is 373 g/mol. The Labute approximate surface area is 163 Å². The lowest BCUT2D eigenvalue weighted by atomic mass is 9.88. The maximum atomic E-state index is 13.1. The van der Waals surface area contributed by atoms with Crippen LogP contribution in [-0.4, -0.2) is 15.6 Å². The molecular formula is C23H23N3O2. The number of hydrogen-bond acceptors (Lipinski definition) is 3. The van der Waals surface area contributed by atoms with Crippen molar-refractivity contribution in [1.29, 1.82) is 0 Å². The van der Waals surface area contributed by atoms with E-state index in [-0.39, 0.29) is 17.4 Å². The summed E-state index contributed by atoms with van der Waals surface area (Å²) in [5.74, 6) is 0.495. The molecule has 1 saturated carbocycles. The second kappa shape index (κ2) is 8.21. The lowest BCUT2D eigenvalue weighted by Crippen LogP contribution is -2.37. The molecule has 1 aliphatic carbocycles. The quantitative estimate of drug-likeness (QED) is 0.696. The number of nitrogens with one attached hydrogen (secondary N) is 1. The number of nitrogens with zero attached hydrogens (tertiary/aromatic N) is 2. The van der Waals surface area contributed by atoms with Crippen LogP contribution in [0.15, 0.2) is 65.5 Å². The normalized spacial score (nSPS) is 15.1. The Balaban J connectivity index is 1.69. The lowest BCUT2D eigenvalue weighted by molar-refractivity contribution is -0.112. The van der Waals surface area contributed by atoms with Crippen molar-refractivity contribution in [3.8, 4) is 0 Å². The smallest absolute Gasteiger partial charge is 0.268 e. The molecule has 1 N–H and O–H groups in total. The SMILES string of the molecule is O=C(C=Cc1ccccc1)Nn1c(C2CCCCC2)nc2ccccc2c1=O. The predicted octanol–water partition coefficient (Wildman–Crippen LogP) is 4.23. The first kappa shape index (κ1) is 18.2. The summed E-state index contributed by atoms with van der Waals surface area (Å²) in [6.07, 6.45) is 8.60. The molecule has 4 rings (SSSR count). The Morgan fingerprint density at radius 3 is 2.50 bits per heavy atom. The number of carbonyl (C=O) groups is 1. The second-order valence-corrected chi connectivity index (χ2v) is 7.18. The number of fused-ring (bicyclic) bond motifs is 1. The van der Waals surface area contributed by atoms with E-state index in [0.29, 0.717) is 16.7 Å². The molecule has 28 heavy (non-hydrogen) atoms. The van der Waals surface area contributed by atoms with Gasteiger partial charge in [-0.05, 0) is 36.6 Å². The maximum Gasteiger partial charge on any atom is 0.280 e. The van der Waals surface area contributed by atoms with Crippen molar-refractivity contribution in [2.75, 3.05) is 5.43 Å². The van der Waals surface area contributed by atoms with Crippen molar-refractivity contribution in [3.63, 3.8) is 0 Å². The average Bonchev–Trinajstić information content (AvgIpc) is 2.75. The third-order valence-electron chi connectivity index (χ3n) is 5.22. The van der Waals surface area contributed by atoms with Gasteiger partial charge < -0.3 is 0 Å². The molecule has 0 aliphatic heterocycles. The molecule has 0 atom stereocenters. The summed E-state index contributed by atoms with van der Waals surface area (Å²) < 4.78 is 1.36. The standard InChI is InChI=1S/C23H23N3O2/c27-21(16-15-17-9-3-1-4-10-17)25-26-22(18-11-5-2-6-12-18)24-20-14-8-7-13-19(20)23(26)28/h1,3-4,7-10,13-16,18H,2,5-6,11-12H2,(H,25,27). The van der Waals surface area contributed by atoms with Gasteiger partial charge in [0.25, 0.3) is 11.5 Å². The molecule has 0 radical (unpaired) electrons. The van der Waals surface area contributed by atoms with Crippen LogP contribution in [0.2, 0.25) is 0 Å². The van der Waals surface area contributed by atoms with Crippen LogP contribution in [0.3, 0.4) is 0 Å². The number of aromatic nitrogens is 2. The summed E-state index contributed by atoms with van der Waals surface area (Å²) in [7, 11) is 0. The van der Waals surface area contributed by atoms with E-state index in [1.54, 1.807) is 12.1 Å². The van der Waals surface area contributed by atoms with Gasteiger partial charge in [0.05, 0.1) is 10.9 Å². The molecule has 1 aromatic heterocycles.